The molecule has 0 saturated carbocycles. The van der Waals surface area contributed by atoms with E-state index in [2.05, 4.69) is 24.0 Å². The van der Waals surface area contributed by atoms with Crippen molar-refractivity contribution in [1.29, 1.82) is 0 Å². The maximum Gasteiger partial charge on any atom is 0.159 e. The van der Waals surface area contributed by atoms with Gasteiger partial charge in [0.2, 0.25) is 0 Å². The number of rotatable bonds is 1. The lowest BCUT2D eigenvalue weighted by Gasteiger charge is -2.13. The molecule has 0 saturated heterocycles. The number of benzene rings is 1. The second kappa shape index (κ2) is 5.10. The van der Waals surface area contributed by atoms with Crippen molar-refractivity contribution < 1.29 is 0 Å². The van der Waals surface area contributed by atoms with Gasteiger partial charge < -0.3 is 5.73 Å². The standard InChI is InChI=1S/C16H19N3/c1-11-6-2-3-7-12(11)16-18-10-13-14(17)8-4-5-9-15(13)19-16/h2-3,6-7,10,14H,4-5,8-9,17H2,1H3. The van der Waals surface area contributed by atoms with Gasteiger partial charge in [-0.05, 0) is 31.7 Å². The number of nitrogens with zero attached hydrogens (tertiary/aromatic N) is 2. The van der Waals surface area contributed by atoms with Gasteiger partial charge in [0.25, 0.3) is 0 Å². The van der Waals surface area contributed by atoms with Gasteiger partial charge in [-0.15, -0.1) is 0 Å². The number of aryl methyl sites for hydroxylation is 2. The molecule has 1 unspecified atom stereocenters. The maximum atomic E-state index is 6.19. The van der Waals surface area contributed by atoms with Crippen molar-refractivity contribution in [2.75, 3.05) is 0 Å². The van der Waals surface area contributed by atoms with Gasteiger partial charge in [-0.25, -0.2) is 9.97 Å². The zero-order valence-corrected chi connectivity index (χ0v) is 11.3. The molecule has 2 aromatic rings. The van der Waals surface area contributed by atoms with Gasteiger partial charge in [-0.1, -0.05) is 30.7 Å². The third kappa shape index (κ3) is 2.38. The normalized spacial score (nSPS) is 18.7. The number of hydrogen-bond donors (Lipinski definition) is 1. The molecule has 98 valence electrons. The topological polar surface area (TPSA) is 51.8 Å². The summed E-state index contributed by atoms with van der Waals surface area (Å²) in [5.41, 5.74) is 10.8. The van der Waals surface area contributed by atoms with Gasteiger partial charge in [0.1, 0.15) is 0 Å². The summed E-state index contributed by atoms with van der Waals surface area (Å²) in [7, 11) is 0. The summed E-state index contributed by atoms with van der Waals surface area (Å²) in [5.74, 6) is 0.825. The first kappa shape index (κ1) is 12.3. The van der Waals surface area contributed by atoms with Crippen LogP contribution in [-0.4, -0.2) is 9.97 Å². The van der Waals surface area contributed by atoms with Crippen LogP contribution in [0.2, 0.25) is 0 Å². The first-order chi connectivity index (χ1) is 9.25. The molecule has 1 aromatic heterocycles. The predicted octanol–water partition coefficient (Wildman–Crippen LogP) is 3.18. The van der Waals surface area contributed by atoms with E-state index in [0.29, 0.717) is 0 Å². The van der Waals surface area contributed by atoms with Crippen molar-refractivity contribution in [2.45, 2.75) is 38.6 Å². The van der Waals surface area contributed by atoms with E-state index in [4.69, 9.17) is 10.7 Å². The van der Waals surface area contributed by atoms with Crippen LogP contribution in [0.25, 0.3) is 11.4 Å². The highest BCUT2D eigenvalue weighted by Gasteiger charge is 2.18. The van der Waals surface area contributed by atoms with Crippen molar-refractivity contribution >= 4 is 0 Å². The summed E-state index contributed by atoms with van der Waals surface area (Å²) in [5, 5.41) is 0. The third-order valence-electron chi connectivity index (χ3n) is 3.86. The second-order valence-electron chi connectivity index (χ2n) is 5.26. The Morgan fingerprint density at radius 2 is 2.05 bits per heavy atom. The van der Waals surface area contributed by atoms with E-state index < -0.39 is 0 Å². The van der Waals surface area contributed by atoms with Crippen molar-refractivity contribution in [3.05, 3.63) is 47.3 Å². The van der Waals surface area contributed by atoms with Crippen LogP contribution in [0.5, 0.6) is 0 Å². The zero-order chi connectivity index (χ0) is 13.2. The van der Waals surface area contributed by atoms with Crippen molar-refractivity contribution in [2.24, 2.45) is 5.73 Å². The molecular formula is C16H19N3. The number of aromatic nitrogens is 2. The summed E-state index contributed by atoms with van der Waals surface area (Å²) < 4.78 is 0. The van der Waals surface area contributed by atoms with Crippen LogP contribution >= 0.6 is 0 Å². The number of nitrogens with two attached hydrogens (primary N) is 1. The highest BCUT2D eigenvalue weighted by molar-refractivity contribution is 5.59. The lowest BCUT2D eigenvalue weighted by Crippen LogP contribution is -2.12. The highest BCUT2D eigenvalue weighted by Crippen LogP contribution is 2.27. The van der Waals surface area contributed by atoms with Gasteiger partial charge >= 0.3 is 0 Å². The lowest BCUT2D eigenvalue weighted by molar-refractivity contribution is 0.614. The first-order valence-corrected chi connectivity index (χ1v) is 6.93. The van der Waals surface area contributed by atoms with Crippen LogP contribution in [0, 0.1) is 6.92 Å². The molecule has 3 rings (SSSR count). The molecular weight excluding hydrogens is 234 g/mol. The van der Waals surface area contributed by atoms with Gasteiger partial charge in [0.05, 0.1) is 0 Å². The SMILES string of the molecule is Cc1ccccc1-c1ncc2c(n1)CCCCC2N. The number of fused-ring (bicyclic) bond motifs is 1. The van der Waals surface area contributed by atoms with E-state index in [1.54, 1.807) is 0 Å². The molecule has 0 radical (unpaired) electrons. The largest absolute Gasteiger partial charge is 0.324 e. The fourth-order valence-corrected chi connectivity index (χ4v) is 2.70. The molecule has 1 atom stereocenters. The Hall–Kier alpha value is -1.74. The monoisotopic (exact) mass is 253 g/mol. The Balaban J connectivity index is 2.06. The molecule has 1 aliphatic carbocycles. The lowest BCUT2D eigenvalue weighted by atomic mass is 10.0. The summed E-state index contributed by atoms with van der Waals surface area (Å²) in [6.45, 7) is 2.09. The third-order valence-corrected chi connectivity index (χ3v) is 3.86. The van der Waals surface area contributed by atoms with Gasteiger partial charge in [0, 0.05) is 29.1 Å². The van der Waals surface area contributed by atoms with Crippen LogP contribution in [0.3, 0.4) is 0 Å². The van der Waals surface area contributed by atoms with E-state index >= 15 is 0 Å². The molecule has 0 spiro atoms. The van der Waals surface area contributed by atoms with Crippen LogP contribution in [0.15, 0.2) is 30.5 Å². The fraction of sp³-hybridized carbons (Fsp3) is 0.375. The molecule has 3 heteroatoms. The Bertz CT molecular complexity index is 592. The average Bonchev–Trinajstić information content (AvgIpc) is 2.61. The molecule has 0 aliphatic heterocycles. The summed E-state index contributed by atoms with van der Waals surface area (Å²) >= 11 is 0. The van der Waals surface area contributed by atoms with Crippen molar-refractivity contribution in [1.82, 2.24) is 9.97 Å². The van der Waals surface area contributed by atoms with E-state index in [1.165, 1.54) is 18.4 Å². The average molecular weight is 253 g/mol. The molecule has 2 N–H and O–H groups in total. The van der Waals surface area contributed by atoms with Crippen molar-refractivity contribution in [3.8, 4) is 11.4 Å². The molecule has 1 aliphatic rings. The molecule has 1 heterocycles. The minimum atomic E-state index is 0.100. The number of hydrogen-bond acceptors (Lipinski definition) is 3. The van der Waals surface area contributed by atoms with Crippen LogP contribution in [0.4, 0.5) is 0 Å². The molecule has 0 amide bonds. The smallest absolute Gasteiger partial charge is 0.159 e. The van der Waals surface area contributed by atoms with Crippen LogP contribution < -0.4 is 5.73 Å². The Morgan fingerprint density at radius 1 is 1.21 bits per heavy atom. The van der Waals surface area contributed by atoms with Gasteiger partial charge in [-0.2, -0.15) is 0 Å². The highest BCUT2D eigenvalue weighted by atomic mass is 14.9. The molecule has 19 heavy (non-hydrogen) atoms. The maximum absolute atomic E-state index is 6.19. The molecule has 3 nitrogen and oxygen atoms in total. The summed E-state index contributed by atoms with van der Waals surface area (Å²) in [4.78, 5) is 9.29. The zero-order valence-electron chi connectivity index (χ0n) is 11.3. The second-order valence-corrected chi connectivity index (χ2v) is 5.26. The first-order valence-electron chi connectivity index (χ1n) is 6.93. The summed E-state index contributed by atoms with van der Waals surface area (Å²) in [6.07, 6.45) is 6.34. The van der Waals surface area contributed by atoms with E-state index in [9.17, 15) is 0 Å². The van der Waals surface area contributed by atoms with E-state index in [0.717, 1.165) is 35.5 Å². The van der Waals surface area contributed by atoms with E-state index in [1.807, 2.05) is 18.3 Å². The minimum Gasteiger partial charge on any atom is -0.324 e. The Kier molecular flexibility index (Phi) is 3.30. The summed E-state index contributed by atoms with van der Waals surface area (Å²) in [6, 6.07) is 8.34. The predicted molar refractivity (Wildman–Crippen MR) is 76.7 cm³/mol. The molecule has 0 fully saturated rings. The van der Waals surface area contributed by atoms with E-state index in [-0.39, 0.29) is 6.04 Å². The van der Waals surface area contributed by atoms with Gasteiger partial charge in [-0.3, -0.25) is 0 Å². The minimum absolute atomic E-state index is 0.100. The Labute approximate surface area is 113 Å². The van der Waals surface area contributed by atoms with Crippen LogP contribution in [-0.2, 0) is 6.42 Å². The van der Waals surface area contributed by atoms with Gasteiger partial charge in [0.15, 0.2) is 5.82 Å². The fourth-order valence-electron chi connectivity index (χ4n) is 2.70. The molecule has 0 bridgehead atoms. The quantitative estimate of drug-likeness (QED) is 0.794. The molecule has 1 aromatic carbocycles. The van der Waals surface area contributed by atoms with Crippen molar-refractivity contribution in [3.63, 3.8) is 0 Å². The van der Waals surface area contributed by atoms with Crippen LogP contribution in [0.1, 0.15) is 42.1 Å². The Morgan fingerprint density at radius 3 is 2.89 bits per heavy atom.